The van der Waals surface area contributed by atoms with Crippen LogP contribution in [0, 0.1) is 0 Å². The minimum Gasteiger partial charge on any atom is -0.444 e. The standard InChI is InChI=1S/C10H19ClN2O3/c1-7(8(14)12-6-5-11)13-9(15)16-10(2,3)4/h7H,5-6H2,1-4H3,(H,12,14)(H,13,15)/t7-/m1/s1. The van der Waals surface area contributed by atoms with E-state index in [-0.39, 0.29) is 5.91 Å². The maximum Gasteiger partial charge on any atom is 0.408 e. The molecule has 0 aliphatic carbocycles. The first kappa shape index (κ1) is 15.0. The quantitative estimate of drug-likeness (QED) is 0.738. The van der Waals surface area contributed by atoms with Gasteiger partial charge in [0.05, 0.1) is 0 Å². The Morgan fingerprint density at radius 1 is 1.38 bits per heavy atom. The molecule has 0 aliphatic heterocycles. The summed E-state index contributed by atoms with van der Waals surface area (Å²) in [6, 6.07) is -0.641. The summed E-state index contributed by atoms with van der Waals surface area (Å²) in [4.78, 5) is 22.7. The van der Waals surface area contributed by atoms with Crippen LogP contribution in [-0.2, 0) is 9.53 Å². The highest BCUT2D eigenvalue weighted by atomic mass is 35.5. The van der Waals surface area contributed by atoms with Gasteiger partial charge in [0.2, 0.25) is 5.91 Å². The molecule has 94 valence electrons. The number of alkyl halides is 1. The zero-order valence-corrected chi connectivity index (χ0v) is 10.9. The van der Waals surface area contributed by atoms with Crippen LogP contribution in [0.3, 0.4) is 0 Å². The lowest BCUT2D eigenvalue weighted by atomic mass is 10.2. The summed E-state index contributed by atoms with van der Waals surface area (Å²) in [5.41, 5.74) is -0.573. The Kier molecular flexibility index (Phi) is 6.18. The van der Waals surface area contributed by atoms with Crippen LogP contribution in [0.25, 0.3) is 0 Å². The fourth-order valence-electron chi connectivity index (χ4n) is 0.873. The number of hydrogen-bond donors (Lipinski definition) is 2. The number of rotatable bonds is 4. The van der Waals surface area contributed by atoms with Gasteiger partial charge in [-0.2, -0.15) is 0 Å². The monoisotopic (exact) mass is 250 g/mol. The third kappa shape index (κ3) is 7.34. The molecule has 2 N–H and O–H groups in total. The number of ether oxygens (including phenoxy) is 1. The van der Waals surface area contributed by atoms with Gasteiger partial charge < -0.3 is 15.4 Å². The van der Waals surface area contributed by atoms with Crippen molar-refractivity contribution >= 4 is 23.6 Å². The Labute approximate surface area is 101 Å². The Morgan fingerprint density at radius 3 is 2.38 bits per heavy atom. The van der Waals surface area contributed by atoms with Gasteiger partial charge >= 0.3 is 6.09 Å². The lowest BCUT2D eigenvalue weighted by Crippen LogP contribution is -2.46. The van der Waals surface area contributed by atoms with Gasteiger partial charge in [0.1, 0.15) is 11.6 Å². The molecule has 0 spiro atoms. The normalized spacial score (nSPS) is 12.8. The van der Waals surface area contributed by atoms with Gasteiger partial charge in [-0.25, -0.2) is 4.79 Å². The van der Waals surface area contributed by atoms with Crippen LogP contribution in [-0.4, -0.2) is 36.1 Å². The van der Waals surface area contributed by atoms with E-state index in [1.165, 1.54) is 0 Å². The average molecular weight is 251 g/mol. The highest BCUT2D eigenvalue weighted by Crippen LogP contribution is 2.06. The molecule has 0 saturated carbocycles. The van der Waals surface area contributed by atoms with Crippen molar-refractivity contribution in [3.8, 4) is 0 Å². The van der Waals surface area contributed by atoms with Crippen LogP contribution < -0.4 is 10.6 Å². The molecule has 5 nitrogen and oxygen atoms in total. The van der Waals surface area contributed by atoms with E-state index in [0.717, 1.165) is 0 Å². The van der Waals surface area contributed by atoms with E-state index in [2.05, 4.69) is 10.6 Å². The molecule has 0 fully saturated rings. The van der Waals surface area contributed by atoms with E-state index >= 15 is 0 Å². The van der Waals surface area contributed by atoms with Crippen molar-refractivity contribution in [1.29, 1.82) is 0 Å². The van der Waals surface area contributed by atoms with Crippen LogP contribution in [0.5, 0.6) is 0 Å². The van der Waals surface area contributed by atoms with Crippen molar-refractivity contribution in [2.24, 2.45) is 0 Å². The molecule has 0 radical (unpaired) electrons. The first-order chi connectivity index (χ1) is 7.26. The SMILES string of the molecule is C[C@@H](NC(=O)OC(C)(C)C)C(=O)NCCCl. The molecule has 0 aromatic rings. The number of carbonyl (C=O) groups is 2. The maximum atomic E-state index is 11.4. The second kappa shape index (κ2) is 6.58. The van der Waals surface area contributed by atoms with Crippen LogP contribution >= 0.6 is 11.6 Å². The smallest absolute Gasteiger partial charge is 0.408 e. The predicted molar refractivity (Wildman–Crippen MR) is 62.6 cm³/mol. The molecule has 0 aromatic heterocycles. The van der Waals surface area contributed by atoms with Crippen LogP contribution in [0.15, 0.2) is 0 Å². The van der Waals surface area contributed by atoms with E-state index in [0.29, 0.717) is 12.4 Å². The van der Waals surface area contributed by atoms with Crippen molar-refractivity contribution in [1.82, 2.24) is 10.6 Å². The zero-order chi connectivity index (χ0) is 12.8. The van der Waals surface area contributed by atoms with Crippen molar-refractivity contribution in [3.63, 3.8) is 0 Å². The molecule has 0 aliphatic rings. The summed E-state index contributed by atoms with van der Waals surface area (Å²) >= 11 is 5.42. The topological polar surface area (TPSA) is 67.4 Å². The third-order valence-electron chi connectivity index (χ3n) is 1.52. The molecule has 2 amide bonds. The minimum atomic E-state index is -0.641. The molecule has 0 saturated heterocycles. The van der Waals surface area contributed by atoms with Crippen LogP contribution in [0.1, 0.15) is 27.7 Å². The summed E-state index contributed by atoms with van der Waals surface area (Å²) in [5.74, 6) is 0.0526. The zero-order valence-electron chi connectivity index (χ0n) is 10.1. The molecule has 1 atom stereocenters. The number of carbonyl (C=O) groups excluding carboxylic acids is 2. The first-order valence-electron chi connectivity index (χ1n) is 5.09. The number of nitrogens with one attached hydrogen (secondary N) is 2. The fraction of sp³-hybridized carbons (Fsp3) is 0.800. The summed E-state index contributed by atoms with van der Waals surface area (Å²) in [6.07, 6.45) is -0.610. The maximum absolute atomic E-state index is 11.4. The second-order valence-electron chi connectivity index (χ2n) is 4.35. The van der Waals surface area contributed by atoms with Gasteiger partial charge in [-0.05, 0) is 27.7 Å². The van der Waals surface area contributed by atoms with E-state index < -0.39 is 17.7 Å². The van der Waals surface area contributed by atoms with E-state index in [1.807, 2.05) is 0 Å². The van der Waals surface area contributed by atoms with Crippen molar-refractivity contribution in [3.05, 3.63) is 0 Å². The van der Waals surface area contributed by atoms with Gasteiger partial charge in [0.25, 0.3) is 0 Å². The van der Waals surface area contributed by atoms with E-state index in [9.17, 15) is 9.59 Å². The molecule has 16 heavy (non-hydrogen) atoms. The number of halogens is 1. The second-order valence-corrected chi connectivity index (χ2v) is 4.73. The van der Waals surface area contributed by atoms with Gasteiger partial charge in [-0.15, -0.1) is 11.6 Å². The molecule has 0 heterocycles. The molecular formula is C10H19ClN2O3. The fourth-order valence-corrected chi connectivity index (χ4v) is 0.968. The lowest BCUT2D eigenvalue weighted by Gasteiger charge is -2.21. The van der Waals surface area contributed by atoms with Gasteiger partial charge in [0.15, 0.2) is 0 Å². The third-order valence-corrected chi connectivity index (χ3v) is 1.71. The Morgan fingerprint density at radius 2 is 1.94 bits per heavy atom. The molecule has 0 bridgehead atoms. The van der Waals surface area contributed by atoms with Gasteiger partial charge in [-0.3, -0.25) is 4.79 Å². The summed E-state index contributed by atoms with van der Waals surface area (Å²) < 4.78 is 5.01. The summed E-state index contributed by atoms with van der Waals surface area (Å²) in [5, 5.41) is 4.99. The Balaban J connectivity index is 3.99. The van der Waals surface area contributed by atoms with Crippen molar-refractivity contribution in [2.75, 3.05) is 12.4 Å². The highest BCUT2D eigenvalue weighted by molar-refractivity contribution is 6.18. The first-order valence-corrected chi connectivity index (χ1v) is 5.63. The molecule has 6 heteroatoms. The minimum absolute atomic E-state index is 0.286. The molecule has 0 rings (SSSR count). The lowest BCUT2D eigenvalue weighted by molar-refractivity contribution is -0.122. The van der Waals surface area contributed by atoms with E-state index in [4.69, 9.17) is 16.3 Å². The number of hydrogen-bond acceptors (Lipinski definition) is 3. The van der Waals surface area contributed by atoms with Crippen LogP contribution in [0.2, 0.25) is 0 Å². The van der Waals surface area contributed by atoms with Crippen molar-refractivity contribution in [2.45, 2.75) is 39.3 Å². The number of alkyl carbamates (subject to hydrolysis) is 1. The molecule has 0 unspecified atom stereocenters. The van der Waals surface area contributed by atoms with Crippen molar-refractivity contribution < 1.29 is 14.3 Å². The summed E-state index contributed by atoms with van der Waals surface area (Å²) in [7, 11) is 0. The van der Waals surface area contributed by atoms with Crippen LogP contribution in [0.4, 0.5) is 4.79 Å². The van der Waals surface area contributed by atoms with Gasteiger partial charge in [0, 0.05) is 12.4 Å². The molecular weight excluding hydrogens is 232 g/mol. The highest BCUT2D eigenvalue weighted by Gasteiger charge is 2.20. The van der Waals surface area contributed by atoms with Gasteiger partial charge in [-0.1, -0.05) is 0 Å². The Bertz CT molecular complexity index is 251. The summed E-state index contributed by atoms with van der Waals surface area (Å²) in [6.45, 7) is 7.22. The number of amides is 2. The van der Waals surface area contributed by atoms with E-state index in [1.54, 1.807) is 27.7 Å². The predicted octanol–water partition coefficient (Wildman–Crippen LogP) is 1.25. The molecule has 0 aromatic carbocycles. The average Bonchev–Trinajstić information content (AvgIpc) is 2.10. The largest absolute Gasteiger partial charge is 0.444 e. The Hall–Kier alpha value is -0.970.